The van der Waals surface area contributed by atoms with E-state index in [-0.39, 0.29) is 12.2 Å². The summed E-state index contributed by atoms with van der Waals surface area (Å²) < 4.78 is 5.25. The molecule has 0 fully saturated rings. The fourth-order valence-electron chi connectivity index (χ4n) is 2.62. The van der Waals surface area contributed by atoms with Gasteiger partial charge < -0.3 is 20.3 Å². The molecule has 0 unspecified atom stereocenters. The molecule has 2 aromatic rings. The van der Waals surface area contributed by atoms with Crippen molar-refractivity contribution in [2.75, 3.05) is 11.9 Å². The molecule has 0 heterocycles. The molecule has 2 aromatic carbocycles. The van der Waals surface area contributed by atoms with Gasteiger partial charge in [-0.25, -0.2) is 4.79 Å². The second kappa shape index (κ2) is 10.6. The number of nitrogens with one attached hydrogen (secondary N) is 1. The maximum absolute atomic E-state index is 12.3. The summed E-state index contributed by atoms with van der Waals surface area (Å²) in [5, 5.41) is 20.1. The summed E-state index contributed by atoms with van der Waals surface area (Å²) in [4.78, 5) is 47.5. The Morgan fingerprint density at radius 1 is 0.933 bits per heavy atom. The molecule has 2 amide bonds. The number of carboxylic acids is 2. The number of carbonyl (C=O) groups excluding carboxylic acids is 2. The highest BCUT2D eigenvalue weighted by Crippen LogP contribution is 2.16. The van der Waals surface area contributed by atoms with E-state index >= 15 is 0 Å². The molecule has 0 atom stereocenters. The zero-order valence-electron chi connectivity index (χ0n) is 16.3. The van der Waals surface area contributed by atoms with Crippen LogP contribution in [0.2, 0.25) is 0 Å². The number of amides is 2. The number of hydrogen-bond donors (Lipinski definition) is 3. The van der Waals surface area contributed by atoms with Gasteiger partial charge >= 0.3 is 18.0 Å². The van der Waals surface area contributed by atoms with E-state index in [0.29, 0.717) is 5.69 Å². The third kappa shape index (κ3) is 6.93. The minimum absolute atomic E-state index is 0.124. The summed E-state index contributed by atoms with van der Waals surface area (Å²) in [6.45, 7) is 0.124. The van der Waals surface area contributed by atoms with Crippen LogP contribution >= 0.6 is 0 Å². The van der Waals surface area contributed by atoms with Crippen molar-refractivity contribution in [3.05, 3.63) is 65.7 Å². The van der Waals surface area contributed by atoms with Gasteiger partial charge in [-0.3, -0.25) is 19.3 Å². The Kier molecular flexibility index (Phi) is 7.92. The second-order valence-electron chi connectivity index (χ2n) is 6.51. The summed E-state index contributed by atoms with van der Waals surface area (Å²) >= 11 is 0. The Balaban J connectivity index is 1.96. The fourth-order valence-corrected chi connectivity index (χ4v) is 2.62. The van der Waals surface area contributed by atoms with Gasteiger partial charge in [-0.2, -0.15) is 0 Å². The molecule has 0 radical (unpaired) electrons. The predicted octanol–water partition coefficient (Wildman–Crippen LogP) is 2.51. The first kappa shape index (κ1) is 22.4. The van der Waals surface area contributed by atoms with Gasteiger partial charge in [0.05, 0.1) is 18.9 Å². The van der Waals surface area contributed by atoms with Crippen molar-refractivity contribution >= 4 is 29.6 Å². The molecule has 9 nitrogen and oxygen atoms in total. The largest absolute Gasteiger partial charge is 0.481 e. The minimum Gasteiger partial charge on any atom is -0.481 e. The Morgan fingerprint density at radius 2 is 1.50 bits per heavy atom. The number of rotatable bonds is 9. The number of benzene rings is 2. The Bertz CT molecular complexity index is 881. The highest BCUT2D eigenvalue weighted by Gasteiger charge is 2.20. The first-order valence-electron chi connectivity index (χ1n) is 9.05. The summed E-state index contributed by atoms with van der Waals surface area (Å²) in [5.41, 5.74) is 1.53. The number of ether oxygens (including phenoxy) is 1. The SMILES string of the molecule is CN(C(=O)OCc1ccccc1)c1ccc(C(=O)NC(CC(=O)O)CC(=O)O)cc1. The normalized spacial score (nSPS) is 10.3. The number of carboxylic acid groups (broad SMARTS) is 2. The van der Waals surface area contributed by atoms with Crippen molar-refractivity contribution in [1.29, 1.82) is 0 Å². The van der Waals surface area contributed by atoms with Crippen molar-refractivity contribution in [2.45, 2.75) is 25.5 Å². The van der Waals surface area contributed by atoms with Crippen molar-refractivity contribution < 1.29 is 34.1 Å². The molecule has 0 saturated carbocycles. The number of hydrogen-bond acceptors (Lipinski definition) is 5. The van der Waals surface area contributed by atoms with Crippen molar-refractivity contribution in [3.8, 4) is 0 Å². The lowest BCUT2D eigenvalue weighted by Crippen LogP contribution is -2.38. The van der Waals surface area contributed by atoms with Crippen LogP contribution in [0, 0.1) is 0 Å². The topological polar surface area (TPSA) is 133 Å². The summed E-state index contributed by atoms with van der Waals surface area (Å²) in [6.07, 6.45) is -1.59. The maximum atomic E-state index is 12.3. The van der Waals surface area contributed by atoms with Crippen LogP contribution in [0.3, 0.4) is 0 Å². The molecule has 0 aromatic heterocycles. The van der Waals surface area contributed by atoms with Crippen molar-refractivity contribution in [1.82, 2.24) is 5.32 Å². The Labute approximate surface area is 172 Å². The minimum atomic E-state index is -1.22. The lowest BCUT2D eigenvalue weighted by atomic mass is 10.1. The maximum Gasteiger partial charge on any atom is 0.414 e. The molecule has 0 aliphatic rings. The van der Waals surface area contributed by atoms with E-state index in [2.05, 4.69) is 5.32 Å². The first-order chi connectivity index (χ1) is 14.3. The van der Waals surface area contributed by atoms with E-state index in [1.807, 2.05) is 30.3 Å². The van der Waals surface area contributed by atoms with Gasteiger partial charge in [0.2, 0.25) is 0 Å². The van der Waals surface area contributed by atoms with Gasteiger partial charge in [0.25, 0.3) is 5.91 Å². The average Bonchev–Trinajstić information content (AvgIpc) is 2.71. The number of carbonyl (C=O) groups is 4. The standard InChI is InChI=1S/C21H22N2O7/c1-23(21(29)30-13-14-5-3-2-4-6-14)17-9-7-15(8-10-17)20(28)22-16(11-18(24)25)12-19(26)27/h2-10,16H,11-13H2,1H3,(H,22,28)(H,24,25)(H,26,27). The molecule has 2 rings (SSSR count). The van der Waals surface area contributed by atoms with Gasteiger partial charge in [-0.15, -0.1) is 0 Å². The van der Waals surface area contributed by atoms with Crippen LogP contribution in [0.15, 0.2) is 54.6 Å². The lowest BCUT2D eigenvalue weighted by molar-refractivity contribution is -0.139. The molecule has 30 heavy (non-hydrogen) atoms. The predicted molar refractivity (Wildman–Crippen MR) is 107 cm³/mol. The molecule has 0 aliphatic carbocycles. The zero-order valence-corrected chi connectivity index (χ0v) is 16.3. The third-order valence-electron chi connectivity index (χ3n) is 4.17. The molecule has 0 aliphatic heterocycles. The van der Waals surface area contributed by atoms with Crippen molar-refractivity contribution in [2.24, 2.45) is 0 Å². The fraction of sp³-hybridized carbons (Fsp3) is 0.238. The van der Waals surface area contributed by atoms with E-state index in [9.17, 15) is 19.2 Å². The van der Waals surface area contributed by atoms with E-state index in [1.54, 1.807) is 0 Å². The van der Waals surface area contributed by atoms with Gasteiger partial charge in [-0.05, 0) is 29.8 Å². The lowest BCUT2D eigenvalue weighted by Gasteiger charge is -2.18. The van der Waals surface area contributed by atoms with Gasteiger partial charge in [0, 0.05) is 18.3 Å². The monoisotopic (exact) mass is 414 g/mol. The number of nitrogens with zero attached hydrogens (tertiary/aromatic N) is 1. The smallest absolute Gasteiger partial charge is 0.414 e. The Hall–Kier alpha value is -3.88. The highest BCUT2D eigenvalue weighted by atomic mass is 16.6. The molecule has 0 bridgehead atoms. The van der Waals surface area contributed by atoms with Gasteiger partial charge in [0.1, 0.15) is 6.61 Å². The molecule has 3 N–H and O–H groups in total. The number of anilines is 1. The van der Waals surface area contributed by atoms with E-state index in [1.165, 1.54) is 36.2 Å². The first-order valence-corrected chi connectivity index (χ1v) is 9.05. The Morgan fingerprint density at radius 3 is 2.03 bits per heavy atom. The average molecular weight is 414 g/mol. The quantitative estimate of drug-likeness (QED) is 0.574. The van der Waals surface area contributed by atoms with Gasteiger partial charge in [-0.1, -0.05) is 30.3 Å². The zero-order chi connectivity index (χ0) is 22.1. The summed E-state index contributed by atoms with van der Waals surface area (Å²) in [5.74, 6) is -3.04. The van der Waals surface area contributed by atoms with Crippen LogP contribution in [0.4, 0.5) is 10.5 Å². The van der Waals surface area contributed by atoms with Gasteiger partial charge in [0.15, 0.2) is 0 Å². The van der Waals surface area contributed by atoms with E-state index in [4.69, 9.17) is 14.9 Å². The third-order valence-corrected chi connectivity index (χ3v) is 4.17. The molecular formula is C21H22N2O7. The van der Waals surface area contributed by atoms with E-state index < -0.39 is 42.8 Å². The van der Waals surface area contributed by atoms with Crippen LogP contribution in [0.5, 0.6) is 0 Å². The molecule has 158 valence electrons. The second-order valence-corrected chi connectivity index (χ2v) is 6.51. The van der Waals surface area contributed by atoms with Crippen LogP contribution < -0.4 is 10.2 Å². The van der Waals surface area contributed by atoms with Crippen LogP contribution in [-0.2, 0) is 20.9 Å². The molecule has 0 spiro atoms. The van der Waals surface area contributed by atoms with Crippen LogP contribution in [0.1, 0.15) is 28.8 Å². The molecular weight excluding hydrogens is 392 g/mol. The van der Waals surface area contributed by atoms with Crippen molar-refractivity contribution in [3.63, 3.8) is 0 Å². The highest BCUT2D eigenvalue weighted by molar-refractivity contribution is 5.96. The number of aliphatic carboxylic acids is 2. The van der Waals surface area contributed by atoms with Crippen LogP contribution in [-0.4, -0.2) is 47.2 Å². The summed E-state index contributed by atoms with van der Waals surface area (Å²) in [7, 11) is 1.53. The molecule has 9 heteroatoms. The van der Waals surface area contributed by atoms with E-state index in [0.717, 1.165) is 5.56 Å². The molecule has 0 saturated heterocycles. The van der Waals surface area contributed by atoms with Crippen LogP contribution in [0.25, 0.3) is 0 Å². The summed E-state index contributed by atoms with van der Waals surface area (Å²) in [6, 6.07) is 14.1.